The molecule has 0 spiro atoms. The van der Waals surface area contributed by atoms with Crippen molar-refractivity contribution in [2.45, 2.75) is 24.6 Å². The second kappa shape index (κ2) is 6.92. The van der Waals surface area contributed by atoms with Gasteiger partial charge in [-0.15, -0.1) is 0 Å². The lowest BCUT2D eigenvalue weighted by molar-refractivity contribution is -0.119. The molecule has 0 fully saturated rings. The molecule has 0 radical (unpaired) electrons. The molecule has 7 heteroatoms. The van der Waals surface area contributed by atoms with Crippen molar-refractivity contribution in [1.29, 1.82) is 0 Å². The van der Waals surface area contributed by atoms with Gasteiger partial charge in [0, 0.05) is 5.56 Å². The molecular weight excluding hydrogens is 353 g/mol. The lowest BCUT2D eigenvalue weighted by Gasteiger charge is -2.22. The lowest BCUT2D eigenvalue weighted by Crippen LogP contribution is -2.26. The second-order valence-corrected chi connectivity index (χ2v) is 7.62. The van der Waals surface area contributed by atoms with Gasteiger partial charge in [0.1, 0.15) is 10.6 Å². The van der Waals surface area contributed by atoms with E-state index in [4.69, 9.17) is 5.73 Å². The molecule has 0 unspecified atom stereocenters. The Morgan fingerprint density at radius 1 is 1.19 bits per heavy atom. The van der Waals surface area contributed by atoms with E-state index < -0.39 is 10.7 Å². The SMILES string of the molecule is C[C@H](NC1=NC(=O)[C@](C)(c2ccc(C(N)=O)cc2)S1)c1ccc(F)cc1. The van der Waals surface area contributed by atoms with Crippen LogP contribution in [0.2, 0.25) is 0 Å². The molecule has 2 aromatic carbocycles. The summed E-state index contributed by atoms with van der Waals surface area (Å²) in [5.74, 6) is -1.09. The summed E-state index contributed by atoms with van der Waals surface area (Å²) >= 11 is 1.31. The van der Waals surface area contributed by atoms with Crippen LogP contribution in [0.15, 0.2) is 53.5 Å². The highest BCUT2D eigenvalue weighted by Crippen LogP contribution is 2.42. The normalized spacial score (nSPS) is 20.6. The van der Waals surface area contributed by atoms with E-state index in [0.29, 0.717) is 10.7 Å². The molecule has 0 aliphatic carbocycles. The fourth-order valence-corrected chi connectivity index (χ4v) is 3.81. The molecule has 2 amide bonds. The van der Waals surface area contributed by atoms with Crippen LogP contribution in [0.25, 0.3) is 0 Å². The van der Waals surface area contributed by atoms with Gasteiger partial charge in [-0.25, -0.2) is 4.39 Å². The Hall–Kier alpha value is -2.67. The summed E-state index contributed by atoms with van der Waals surface area (Å²) in [6.07, 6.45) is 0. The minimum Gasteiger partial charge on any atom is -0.366 e. The van der Waals surface area contributed by atoms with Crippen molar-refractivity contribution in [3.8, 4) is 0 Å². The van der Waals surface area contributed by atoms with E-state index in [9.17, 15) is 14.0 Å². The van der Waals surface area contributed by atoms with E-state index in [1.54, 1.807) is 43.3 Å². The maximum atomic E-state index is 13.1. The average molecular weight is 371 g/mol. The summed E-state index contributed by atoms with van der Waals surface area (Å²) < 4.78 is 12.2. The zero-order valence-corrected chi connectivity index (χ0v) is 15.1. The van der Waals surface area contributed by atoms with Crippen LogP contribution in [0, 0.1) is 5.82 Å². The standard InChI is InChI=1S/C19H18FN3O2S/c1-11(12-5-9-15(20)10-6-12)22-18-23-17(25)19(2,26-18)14-7-3-13(4-8-14)16(21)24/h3-11H,1-2H3,(H2,21,24)(H,22,23,25)/t11-,19-/m0/s1. The zero-order valence-electron chi connectivity index (χ0n) is 14.3. The summed E-state index contributed by atoms with van der Waals surface area (Å²) in [4.78, 5) is 27.8. The summed E-state index contributed by atoms with van der Waals surface area (Å²) in [6.45, 7) is 3.71. The molecule has 3 rings (SSSR count). The molecule has 3 N–H and O–H groups in total. The molecule has 2 atom stereocenters. The summed E-state index contributed by atoms with van der Waals surface area (Å²) in [6, 6.07) is 12.7. The van der Waals surface area contributed by atoms with Crippen molar-refractivity contribution in [3.05, 3.63) is 71.0 Å². The highest BCUT2D eigenvalue weighted by Gasteiger charge is 2.43. The van der Waals surface area contributed by atoms with Crippen LogP contribution in [-0.2, 0) is 9.54 Å². The number of amidine groups is 1. The predicted octanol–water partition coefficient (Wildman–Crippen LogP) is 3.12. The number of nitrogens with one attached hydrogen (secondary N) is 1. The molecule has 26 heavy (non-hydrogen) atoms. The van der Waals surface area contributed by atoms with Gasteiger partial charge in [-0.2, -0.15) is 4.99 Å². The van der Waals surface area contributed by atoms with Crippen molar-refractivity contribution in [1.82, 2.24) is 5.32 Å². The van der Waals surface area contributed by atoms with Crippen LogP contribution in [0.4, 0.5) is 4.39 Å². The number of aliphatic imine (C=N–C) groups is 1. The maximum absolute atomic E-state index is 13.1. The first-order valence-corrected chi connectivity index (χ1v) is 8.86. The zero-order chi connectivity index (χ0) is 18.9. The first-order valence-electron chi connectivity index (χ1n) is 8.04. The van der Waals surface area contributed by atoms with Gasteiger partial charge in [0.05, 0.1) is 6.04 Å². The van der Waals surface area contributed by atoms with Crippen LogP contribution >= 0.6 is 11.8 Å². The van der Waals surface area contributed by atoms with Gasteiger partial charge in [0.2, 0.25) is 5.91 Å². The third-order valence-electron chi connectivity index (χ3n) is 4.34. The topological polar surface area (TPSA) is 84.6 Å². The number of thioether (sulfide) groups is 1. The van der Waals surface area contributed by atoms with Crippen LogP contribution in [-0.4, -0.2) is 17.0 Å². The molecular formula is C19H18FN3O2S. The van der Waals surface area contributed by atoms with Crippen molar-refractivity contribution in [2.75, 3.05) is 0 Å². The number of hydrogen-bond acceptors (Lipinski definition) is 4. The molecule has 0 bridgehead atoms. The molecule has 0 saturated heterocycles. The highest BCUT2D eigenvalue weighted by molar-refractivity contribution is 8.15. The van der Waals surface area contributed by atoms with Gasteiger partial charge in [-0.1, -0.05) is 36.0 Å². The number of benzene rings is 2. The molecule has 1 aliphatic heterocycles. The van der Waals surface area contributed by atoms with Crippen molar-refractivity contribution < 1.29 is 14.0 Å². The van der Waals surface area contributed by atoms with Crippen molar-refractivity contribution in [3.63, 3.8) is 0 Å². The Balaban J connectivity index is 1.75. The number of nitrogens with zero attached hydrogens (tertiary/aromatic N) is 1. The van der Waals surface area contributed by atoms with E-state index >= 15 is 0 Å². The number of halogens is 1. The number of amides is 2. The van der Waals surface area contributed by atoms with Gasteiger partial charge < -0.3 is 11.1 Å². The van der Waals surface area contributed by atoms with E-state index in [1.165, 1.54) is 23.9 Å². The molecule has 1 heterocycles. The van der Waals surface area contributed by atoms with Gasteiger partial charge in [0.25, 0.3) is 5.91 Å². The van der Waals surface area contributed by atoms with E-state index in [1.807, 2.05) is 6.92 Å². The van der Waals surface area contributed by atoms with Crippen molar-refractivity contribution >= 4 is 28.7 Å². The molecule has 0 saturated carbocycles. The maximum Gasteiger partial charge on any atom is 0.268 e. The third-order valence-corrected chi connectivity index (χ3v) is 5.56. The Bertz CT molecular complexity index is 881. The highest BCUT2D eigenvalue weighted by atomic mass is 32.2. The minimum atomic E-state index is -0.874. The Morgan fingerprint density at radius 2 is 1.81 bits per heavy atom. The number of carbonyl (C=O) groups is 2. The summed E-state index contributed by atoms with van der Waals surface area (Å²) in [7, 11) is 0. The lowest BCUT2D eigenvalue weighted by atomic mass is 9.98. The van der Waals surface area contributed by atoms with Gasteiger partial charge >= 0.3 is 0 Å². The Kier molecular flexibility index (Phi) is 4.82. The molecule has 1 aliphatic rings. The number of hydrogen-bond donors (Lipinski definition) is 2. The Morgan fingerprint density at radius 3 is 2.38 bits per heavy atom. The first-order chi connectivity index (χ1) is 12.3. The fourth-order valence-electron chi connectivity index (χ4n) is 2.68. The third kappa shape index (κ3) is 3.48. The molecule has 5 nitrogen and oxygen atoms in total. The number of carbonyl (C=O) groups excluding carboxylic acids is 2. The van der Waals surface area contributed by atoms with Crippen LogP contribution < -0.4 is 11.1 Å². The van der Waals surface area contributed by atoms with Crippen LogP contribution in [0.5, 0.6) is 0 Å². The van der Waals surface area contributed by atoms with E-state index in [0.717, 1.165) is 11.1 Å². The molecule has 2 aromatic rings. The fraction of sp³-hybridized carbons (Fsp3) is 0.211. The van der Waals surface area contributed by atoms with E-state index in [2.05, 4.69) is 10.3 Å². The minimum absolute atomic E-state index is 0.130. The number of primary amides is 1. The number of rotatable bonds is 4. The van der Waals surface area contributed by atoms with Crippen LogP contribution in [0.1, 0.15) is 41.4 Å². The average Bonchev–Trinajstić information content (AvgIpc) is 2.90. The Labute approximate surface area is 154 Å². The molecule has 134 valence electrons. The quantitative estimate of drug-likeness (QED) is 0.865. The monoisotopic (exact) mass is 371 g/mol. The van der Waals surface area contributed by atoms with Crippen molar-refractivity contribution in [2.24, 2.45) is 10.7 Å². The van der Waals surface area contributed by atoms with Crippen LogP contribution in [0.3, 0.4) is 0 Å². The smallest absolute Gasteiger partial charge is 0.268 e. The summed E-state index contributed by atoms with van der Waals surface area (Å²) in [5.41, 5.74) is 7.27. The second-order valence-electron chi connectivity index (χ2n) is 6.22. The van der Waals surface area contributed by atoms with Gasteiger partial charge in [-0.05, 0) is 49.2 Å². The van der Waals surface area contributed by atoms with Gasteiger partial charge in [-0.3, -0.25) is 9.59 Å². The van der Waals surface area contributed by atoms with E-state index in [-0.39, 0.29) is 17.8 Å². The molecule has 0 aromatic heterocycles. The first kappa shape index (κ1) is 18.1. The van der Waals surface area contributed by atoms with Gasteiger partial charge in [0.15, 0.2) is 5.17 Å². The predicted molar refractivity (Wildman–Crippen MR) is 100 cm³/mol. The summed E-state index contributed by atoms with van der Waals surface area (Å²) in [5, 5.41) is 3.70. The largest absolute Gasteiger partial charge is 0.366 e. The number of nitrogens with two attached hydrogens (primary N) is 1.